The quantitative estimate of drug-likeness (QED) is 0.759. The third-order valence-corrected chi connectivity index (χ3v) is 3.71. The number of carbonyl (C=O) groups is 1. The standard InChI is InChI=1S/C13H19N5OS/c1-4-6-15-12-16-9(18-13(2,3)11(14)19)8-5-7-20-10(8)17-12/h5,7H,4,6H2,1-3H3,(H2,14,19)(H2,15,16,17,18). The number of nitrogens with two attached hydrogens (primary N) is 1. The molecule has 20 heavy (non-hydrogen) atoms. The van der Waals surface area contributed by atoms with E-state index in [0.717, 1.165) is 23.2 Å². The number of fused-ring (bicyclic) bond motifs is 1. The van der Waals surface area contributed by atoms with Gasteiger partial charge in [-0.25, -0.2) is 4.98 Å². The predicted molar refractivity (Wildman–Crippen MR) is 83.1 cm³/mol. The van der Waals surface area contributed by atoms with E-state index in [2.05, 4.69) is 27.5 Å². The van der Waals surface area contributed by atoms with Crippen molar-refractivity contribution < 1.29 is 4.79 Å². The summed E-state index contributed by atoms with van der Waals surface area (Å²) < 4.78 is 0. The molecule has 2 heterocycles. The molecule has 6 nitrogen and oxygen atoms in total. The van der Waals surface area contributed by atoms with Crippen molar-refractivity contribution in [1.29, 1.82) is 0 Å². The topological polar surface area (TPSA) is 92.9 Å². The second kappa shape index (κ2) is 5.62. The molecule has 0 aliphatic rings. The molecule has 0 radical (unpaired) electrons. The molecule has 0 saturated carbocycles. The third kappa shape index (κ3) is 2.98. The van der Waals surface area contributed by atoms with Crippen molar-refractivity contribution in [3.8, 4) is 0 Å². The van der Waals surface area contributed by atoms with E-state index < -0.39 is 11.4 Å². The Morgan fingerprint density at radius 3 is 2.85 bits per heavy atom. The van der Waals surface area contributed by atoms with E-state index in [-0.39, 0.29) is 0 Å². The summed E-state index contributed by atoms with van der Waals surface area (Å²) in [7, 11) is 0. The summed E-state index contributed by atoms with van der Waals surface area (Å²) in [6.07, 6.45) is 0.987. The van der Waals surface area contributed by atoms with Crippen molar-refractivity contribution in [3.05, 3.63) is 11.4 Å². The Bertz CT molecular complexity index is 622. The summed E-state index contributed by atoms with van der Waals surface area (Å²) in [4.78, 5) is 21.2. The Morgan fingerprint density at radius 2 is 2.20 bits per heavy atom. The van der Waals surface area contributed by atoms with Gasteiger partial charge in [-0.1, -0.05) is 6.92 Å². The second-order valence-electron chi connectivity index (χ2n) is 5.08. The van der Waals surface area contributed by atoms with E-state index in [4.69, 9.17) is 5.73 Å². The highest BCUT2D eigenvalue weighted by atomic mass is 32.1. The number of anilines is 2. The fourth-order valence-corrected chi connectivity index (χ4v) is 2.39. The Hall–Kier alpha value is -1.89. The van der Waals surface area contributed by atoms with Crippen LogP contribution in [0.1, 0.15) is 27.2 Å². The van der Waals surface area contributed by atoms with E-state index in [1.807, 2.05) is 11.4 Å². The van der Waals surface area contributed by atoms with Gasteiger partial charge in [0, 0.05) is 6.54 Å². The molecular formula is C13H19N5OS. The zero-order valence-corrected chi connectivity index (χ0v) is 12.7. The Kier molecular flexibility index (Phi) is 4.08. The lowest BCUT2D eigenvalue weighted by Crippen LogP contribution is -2.45. The van der Waals surface area contributed by atoms with Gasteiger partial charge in [-0.15, -0.1) is 11.3 Å². The highest BCUT2D eigenvalue weighted by Crippen LogP contribution is 2.28. The molecule has 2 rings (SSSR count). The zero-order valence-electron chi connectivity index (χ0n) is 11.9. The van der Waals surface area contributed by atoms with Gasteiger partial charge in [-0.2, -0.15) is 4.98 Å². The van der Waals surface area contributed by atoms with Crippen LogP contribution < -0.4 is 16.4 Å². The first-order chi connectivity index (χ1) is 9.44. The van der Waals surface area contributed by atoms with Crippen LogP contribution in [-0.4, -0.2) is 28.0 Å². The van der Waals surface area contributed by atoms with Crippen LogP contribution in [0.2, 0.25) is 0 Å². The number of rotatable bonds is 6. The smallest absolute Gasteiger partial charge is 0.242 e. The Labute approximate surface area is 121 Å². The maximum Gasteiger partial charge on any atom is 0.242 e. The number of amides is 1. The minimum Gasteiger partial charge on any atom is -0.368 e. The fraction of sp³-hybridized carbons (Fsp3) is 0.462. The molecule has 0 fully saturated rings. The highest BCUT2D eigenvalue weighted by molar-refractivity contribution is 7.16. The number of thiophene rings is 1. The van der Waals surface area contributed by atoms with Gasteiger partial charge >= 0.3 is 0 Å². The number of nitrogens with zero attached hydrogens (tertiary/aromatic N) is 2. The first kappa shape index (κ1) is 14.5. The summed E-state index contributed by atoms with van der Waals surface area (Å²) in [6, 6.07) is 1.93. The molecule has 0 saturated heterocycles. The van der Waals surface area contributed by atoms with Crippen LogP contribution in [0.5, 0.6) is 0 Å². The third-order valence-electron chi connectivity index (χ3n) is 2.91. The fourth-order valence-electron chi connectivity index (χ4n) is 1.62. The first-order valence-electron chi connectivity index (χ1n) is 6.51. The second-order valence-corrected chi connectivity index (χ2v) is 5.97. The average molecular weight is 293 g/mol. The summed E-state index contributed by atoms with van der Waals surface area (Å²) in [6.45, 7) is 6.34. The molecule has 0 spiro atoms. The van der Waals surface area contributed by atoms with Crippen molar-refractivity contribution in [2.45, 2.75) is 32.7 Å². The largest absolute Gasteiger partial charge is 0.368 e. The van der Waals surface area contributed by atoms with E-state index in [9.17, 15) is 4.79 Å². The summed E-state index contributed by atoms with van der Waals surface area (Å²) in [5, 5.41) is 9.11. The molecule has 4 N–H and O–H groups in total. The van der Waals surface area contributed by atoms with Crippen LogP contribution in [0.15, 0.2) is 11.4 Å². The van der Waals surface area contributed by atoms with Gasteiger partial charge in [0.1, 0.15) is 16.2 Å². The van der Waals surface area contributed by atoms with Gasteiger partial charge in [0.25, 0.3) is 0 Å². The number of nitrogens with one attached hydrogen (secondary N) is 2. The normalized spacial score (nSPS) is 11.6. The molecule has 0 aliphatic heterocycles. The summed E-state index contributed by atoms with van der Waals surface area (Å²) in [5.74, 6) is 0.755. The number of primary amides is 1. The van der Waals surface area contributed by atoms with E-state index in [1.165, 1.54) is 11.3 Å². The van der Waals surface area contributed by atoms with Gasteiger partial charge in [0.15, 0.2) is 0 Å². The monoisotopic (exact) mass is 293 g/mol. The van der Waals surface area contributed by atoms with Crippen LogP contribution in [0.25, 0.3) is 10.2 Å². The minimum atomic E-state index is -0.870. The van der Waals surface area contributed by atoms with Gasteiger partial charge in [-0.05, 0) is 31.7 Å². The van der Waals surface area contributed by atoms with Crippen molar-refractivity contribution >= 4 is 39.2 Å². The highest BCUT2D eigenvalue weighted by Gasteiger charge is 2.26. The molecule has 2 aromatic rings. The first-order valence-corrected chi connectivity index (χ1v) is 7.39. The number of hydrogen-bond acceptors (Lipinski definition) is 6. The van der Waals surface area contributed by atoms with Crippen LogP contribution in [-0.2, 0) is 4.79 Å². The van der Waals surface area contributed by atoms with E-state index in [0.29, 0.717) is 11.8 Å². The van der Waals surface area contributed by atoms with Gasteiger partial charge in [-0.3, -0.25) is 4.79 Å². The molecule has 108 valence electrons. The molecular weight excluding hydrogens is 274 g/mol. The maximum absolute atomic E-state index is 11.5. The molecule has 7 heteroatoms. The average Bonchev–Trinajstić information content (AvgIpc) is 2.84. The number of hydrogen-bond donors (Lipinski definition) is 3. The molecule has 0 aromatic carbocycles. The number of carbonyl (C=O) groups excluding carboxylic acids is 1. The van der Waals surface area contributed by atoms with Gasteiger partial charge in [0.05, 0.1) is 5.39 Å². The minimum absolute atomic E-state index is 0.428. The van der Waals surface area contributed by atoms with Crippen LogP contribution in [0, 0.1) is 0 Å². The van der Waals surface area contributed by atoms with Crippen molar-refractivity contribution in [1.82, 2.24) is 9.97 Å². The van der Waals surface area contributed by atoms with Gasteiger partial charge in [0.2, 0.25) is 11.9 Å². The summed E-state index contributed by atoms with van der Waals surface area (Å²) in [5.41, 5.74) is 4.53. The molecule has 0 bridgehead atoms. The van der Waals surface area contributed by atoms with Crippen LogP contribution in [0.3, 0.4) is 0 Å². The molecule has 2 aromatic heterocycles. The molecule has 1 amide bonds. The van der Waals surface area contributed by atoms with E-state index >= 15 is 0 Å². The van der Waals surface area contributed by atoms with E-state index in [1.54, 1.807) is 13.8 Å². The van der Waals surface area contributed by atoms with Gasteiger partial charge < -0.3 is 16.4 Å². The predicted octanol–water partition coefficient (Wildman–Crippen LogP) is 2.19. The number of aromatic nitrogens is 2. The zero-order chi connectivity index (χ0) is 14.8. The molecule has 0 atom stereocenters. The van der Waals surface area contributed by atoms with Crippen molar-refractivity contribution in [2.75, 3.05) is 17.2 Å². The Morgan fingerprint density at radius 1 is 1.45 bits per heavy atom. The molecule has 0 unspecified atom stereocenters. The van der Waals surface area contributed by atoms with Crippen molar-refractivity contribution in [3.63, 3.8) is 0 Å². The summed E-state index contributed by atoms with van der Waals surface area (Å²) >= 11 is 1.54. The Balaban J connectivity index is 2.39. The molecule has 0 aliphatic carbocycles. The lowest BCUT2D eigenvalue weighted by Gasteiger charge is -2.23. The lowest BCUT2D eigenvalue weighted by molar-refractivity contribution is -0.121. The lowest BCUT2D eigenvalue weighted by atomic mass is 10.1. The van der Waals surface area contributed by atoms with Crippen LogP contribution >= 0.6 is 11.3 Å². The maximum atomic E-state index is 11.5. The van der Waals surface area contributed by atoms with Crippen molar-refractivity contribution in [2.24, 2.45) is 5.73 Å². The SMILES string of the molecule is CCCNc1nc(NC(C)(C)C(N)=O)c2ccsc2n1. The van der Waals surface area contributed by atoms with Crippen LogP contribution in [0.4, 0.5) is 11.8 Å².